The molecule has 2 heterocycles. The molecule has 1 aliphatic heterocycles. The standard InChI is InChI=1S/C16H20BrN5O2.2ClH/c1-16(18,12-2-4-13(17)5-3-12)15(23)21-6-7-24-14(8-21)9-22-11-19-10-20-22;;/h2-5,10-11,14H,6-9,18H2,1H3;2*1H. The Hall–Kier alpha value is -1.19. The Labute approximate surface area is 173 Å². The minimum atomic E-state index is -1.07. The molecule has 0 aliphatic carbocycles. The lowest BCUT2D eigenvalue weighted by Crippen LogP contribution is -2.56. The maximum Gasteiger partial charge on any atom is 0.247 e. The zero-order valence-corrected chi connectivity index (χ0v) is 17.5. The normalized spacial score (nSPS) is 19.0. The molecule has 0 radical (unpaired) electrons. The molecule has 10 heteroatoms. The van der Waals surface area contributed by atoms with Crippen molar-refractivity contribution < 1.29 is 9.53 Å². The molecule has 26 heavy (non-hydrogen) atoms. The smallest absolute Gasteiger partial charge is 0.247 e. The van der Waals surface area contributed by atoms with Crippen molar-refractivity contribution in [1.82, 2.24) is 19.7 Å². The van der Waals surface area contributed by atoms with Crippen LogP contribution in [0.2, 0.25) is 0 Å². The van der Waals surface area contributed by atoms with Crippen molar-refractivity contribution in [3.63, 3.8) is 0 Å². The van der Waals surface area contributed by atoms with Crippen molar-refractivity contribution in [2.45, 2.75) is 25.1 Å². The number of carbonyl (C=O) groups excluding carboxylic acids is 1. The Bertz CT molecular complexity index is 697. The molecule has 144 valence electrons. The van der Waals surface area contributed by atoms with E-state index in [0.717, 1.165) is 10.0 Å². The van der Waals surface area contributed by atoms with E-state index in [-0.39, 0.29) is 36.8 Å². The van der Waals surface area contributed by atoms with Crippen LogP contribution in [0.3, 0.4) is 0 Å². The highest BCUT2D eigenvalue weighted by molar-refractivity contribution is 9.10. The third-order valence-electron chi connectivity index (χ3n) is 4.17. The van der Waals surface area contributed by atoms with Crippen molar-refractivity contribution >= 4 is 46.7 Å². The van der Waals surface area contributed by atoms with Crippen molar-refractivity contribution in [1.29, 1.82) is 0 Å². The van der Waals surface area contributed by atoms with Crippen LogP contribution in [0.15, 0.2) is 41.4 Å². The number of nitrogens with zero attached hydrogens (tertiary/aromatic N) is 4. The van der Waals surface area contributed by atoms with Crippen molar-refractivity contribution in [2.75, 3.05) is 19.7 Å². The molecule has 2 atom stereocenters. The highest BCUT2D eigenvalue weighted by Gasteiger charge is 2.36. The number of aromatic nitrogens is 3. The summed E-state index contributed by atoms with van der Waals surface area (Å²) < 4.78 is 8.39. The first-order chi connectivity index (χ1) is 11.5. The lowest BCUT2D eigenvalue weighted by atomic mass is 9.91. The van der Waals surface area contributed by atoms with Crippen LogP contribution in [0.25, 0.3) is 0 Å². The summed E-state index contributed by atoms with van der Waals surface area (Å²) in [7, 11) is 0. The fourth-order valence-corrected chi connectivity index (χ4v) is 3.06. The van der Waals surface area contributed by atoms with Crippen LogP contribution in [0, 0.1) is 0 Å². The largest absolute Gasteiger partial charge is 0.373 e. The molecule has 1 aromatic heterocycles. The summed E-state index contributed by atoms with van der Waals surface area (Å²) in [6.07, 6.45) is 3.00. The van der Waals surface area contributed by atoms with E-state index in [2.05, 4.69) is 26.0 Å². The third kappa shape index (κ3) is 5.17. The maximum atomic E-state index is 13.0. The van der Waals surface area contributed by atoms with Crippen molar-refractivity contribution in [3.05, 3.63) is 47.0 Å². The zero-order chi connectivity index (χ0) is 17.2. The Balaban J connectivity index is 0.00000169. The van der Waals surface area contributed by atoms with Gasteiger partial charge in [0.05, 0.1) is 19.3 Å². The fraction of sp³-hybridized carbons (Fsp3) is 0.438. The summed E-state index contributed by atoms with van der Waals surface area (Å²) in [4.78, 5) is 18.6. The molecule has 7 nitrogen and oxygen atoms in total. The Morgan fingerprint density at radius 2 is 2.08 bits per heavy atom. The van der Waals surface area contributed by atoms with Gasteiger partial charge >= 0.3 is 0 Å². The van der Waals surface area contributed by atoms with Gasteiger partial charge in [-0.25, -0.2) is 4.98 Å². The van der Waals surface area contributed by atoms with Crippen LogP contribution < -0.4 is 5.73 Å². The van der Waals surface area contributed by atoms with Crippen LogP contribution in [-0.2, 0) is 21.6 Å². The lowest BCUT2D eigenvalue weighted by molar-refractivity contribution is -0.145. The van der Waals surface area contributed by atoms with Gasteiger partial charge in [0.15, 0.2) is 0 Å². The van der Waals surface area contributed by atoms with Gasteiger partial charge in [-0.2, -0.15) is 5.10 Å². The molecular formula is C16H22BrCl2N5O2. The van der Waals surface area contributed by atoms with Crippen LogP contribution in [-0.4, -0.2) is 51.4 Å². The number of nitrogens with two attached hydrogens (primary N) is 1. The van der Waals surface area contributed by atoms with Crippen LogP contribution in [0.1, 0.15) is 12.5 Å². The number of rotatable bonds is 4. The van der Waals surface area contributed by atoms with Crippen molar-refractivity contribution in [2.24, 2.45) is 5.73 Å². The number of amides is 1. The molecule has 1 amide bonds. The Morgan fingerprint density at radius 1 is 1.38 bits per heavy atom. The zero-order valence-electron chi connectivity index (χ0n) is 14.2. The number of hydrogen-bond acceptors (Lipinski definition) is 5. The number of ether oxygens (including phenoxy) is 1. The Kier molecular flexibility index (Phi) is 8.49. The van der Waals surface area contributed by atoms with Gasteiger partial charge in [-0.1, -0.05) is 28.1 Å². The summed E-state index contributed by atoms with van der Waals surface area (Å²) in [6.45, 7) is 3.82. The number of halogens is 3. The minimum absolute atomic E-state index is 0. The van der Waals surface area contributed by atoms with E-state index in [1.165, 1.54) is 6.33 Å². The summed E-state index contributed by atoms with van der Waals surface area (Å²) in [5.41, 5.74) is 6.08. The SMILES string of the molecule is CC(N)(C(=O)N1CCOC(Cn2cncn2)C1)c1ccc(Br)cc1.Cl.Cl. The Morgan fingerprint density at radius 3 is 2.69 bits per heavy atom. The number of hydrogen-bond donors (Lipinski definition) is 1. The van der Waals surface area contributed by atoms with Crippen molar-refractivity contribution in [3.8, 4) is 0 Å². The molecule has 2 aromatic rings. The second-order valence-electron chi connectivity index (χ2n) is 6.07. The number of benzene rings is 1. The van der Waals surface area contributed by atoms with Crippen LogP contribution >= 0.6 is 40.7 Å². The highest BCUT2D eigenvalue weighted by Crippen LogP contribution is 2.24. The summed E-state index contributed by atoms with van der Waals surface area (Å²) in [5.74, 6) is -0.100. The average Bonchev–Trinajstić information content (AvgIpc) is 3.08. The first kappa shape index (κ1) is 22.9. The van der Waals surface area contributed by atoms with E-state index in [4.69, 9.17) is 10.5 Å². The lowest BCUT2D eigenvalue weighted by Gasteiger charge is -2.37. The van der Waals surface area contributed by atoms with Gasteiger partial charge in [0.2, 0.25) is 5.91 Å². The number of morpholine rings is 1. The second kappa shape index (κ2) is 9.66. The molecule has 0 saturated carbocycles. The first-order valence-electron chi connectivity index (χ1n) is 7.75. The summed E-state index contributed by atoms with van der Waals surface area (Å²) in [6, 6.07) is 7.52. The average molecular weight is 467 g/mol. The topological polar surface area (TPSA) is 86.3 Å². The van der Waals surface area contributed by atoms with Crippen LogP contribution in [0.4, 0.5) is 0 Å². The van der Waals surface area contributed by atoms with Gasteiger partial charge in [-0.3, -0.25) is 9.48 Å². The van der Waals surface area contributed by atoms with E-state index in [1.54, 1.807) is 22.8 Å². The molecule has 1 aromatic carbocycles. The fourth-order valence-electron chi connectivity index (χ4n) is 2.80. The van der Waals surface area contributed by atoms with Gasteiger partial charge < -0.3 is 15.4 Å². The minimum Gasteiger partial charge on any atom is -0.373 e. The molecule has 1 fully saturated rings. The van der Waals surface area contributed by atoms with E-state index >= 15 is 0 Å². The van der Waals surface area contributed by atoms with Gasteiger partial charge in [0.1, 0.15) is 18.2 Å². The molecule has 2 N–H and O–H groups in total. The van der Waals surface area contributed by atoms with E-state index < -0.39 is 5.54 Å². The second-order valence-corrected chi connectivity index (χ2v) is 6.99. The molecular weight excluding hydrogens is 445 g/mol. The van der Waals surface area contributed by atoms with E-state index in [0.29, 0.717) is 26.2 Å². The highest BCUT2D eigenvalue weighted by atomic mass is 79.9. The molecule has 1 aliphatic rings. The quantitative estimate of drug-likeness (QED) is 0.744. The molecule has 1 saturated heterocycles. The molecule has 0 spiro atoms. The summed E-state index contributed by atoms with van der Waals surface area (Å²) >= 11 is 3.40. The van der Waals surface area contributed by atoms with E-state index in [9.17, 15) is 4.79 Å². The summed E-state index contributed by atoms with van der Waals surface area (Å²) in [5, 5.41) is 4.08. The molecule has 0 bridgehead atoms. The van der Waals surface area contributed by atoms with Gasteiger partial charge in [-0.05, 0) is 24.6 Å². The maximum absolute atomic E-state index is 13.0. The molecule has 3 rings (SSSR count). The van der Waals surface area contributed by atoms with Gasteiger partial charge in [-0.15, -0.1) is 24.8 Å². The monoisotopic (exact) mass is 465 g/mol. The third-order valence-corrected chi connectivity index (χ3v) is 4.70. The number of carbonyl (C=O) groups is 1. The predicted octanol–water partition coefficient (Wildman–Crippen LogP) is 1.99. The van der Waals surface area contributed by atoms with Gasteiger partial charge in [0.25, 0.3) is 0 Å². The first-order valence-corrected chi connectivity index (χ1v) is 8.54. The van der Waals surface area contributed by atoms with Crippen LogP contribution in [0.5, 0.6) is 0 Å². The van der Waals surface area contributed by atoms with E-state index in [1.807, 2.05) is 24.3 Å². The van der Waals surface area contributed by atoms with Gasteiger partial charge in [0, 0.05) is 17.6 Å². The predicted molar refractivity (Wildman–Crippen MR) is 107 cm³/mol. The molecule has 2 unspecified atom stereocenters.